The molecule has 0 atom stereocenters. The predicted octanol–water partition coefficient (Wildman–Crippen LogP) is 5.08. The zero-order valence-corrected chi connectivity index (χ0v) is 14.9. The van der Waals surface area contributed by atoms with Crippen molar-refractivity contribution in [3.63, 3.8) is 0 Å². The molecule has 5 rings (SSSR count). The molecule has 124 valence electrons. The Kier molecular flexibility index (Phi) is 2.63. The van der Waals surface area contributed by atoms with Crippen LogP contribution in [0.1, 0.15) is 44.4 Å². The number of ether oxygens (including phenoxy) is 1. The topological polar surface area (TPSA) is 35.0 Å². The first-order valence-corrected chi connectivity index (χ1v) is 8.69. The Morgan fingerprint density at radius 2 is 1.56 bits per heavy atom. The van der Waals surface area contributed by atoms with E-state index in [1.165, 1.54) is 27.8 Å². The molecule has 2 aromatic heterocycles. The normalized spacial score (nSPS) is 17.8. The molecule has 0 N–H and O–H groups in total. The van der Waals surface area contributed by atoms with Crippen LogP contribution in [0, 0.1) is 0 Å². The van der Waals surface area contributed by atoms with E-state index in [0.717, 1.165) is 11.3 Å². The van der Waals surface area contributed by atoms with E-state index in [1.807, 2.05) is 18.3 Å². The SMILES string of the molecule is CC1(C)Oc2ncccc2-c2c1ccc1c2C(C)(C)c2cccnc2-1. The molecule has 2 aliphatic rings. The fourth-order valence-electron chi connectivity index (χ4n) is 4.45. The number of benzene rings is 1. The van der Waals surface area contributed by atoms with Gasteiger partial charge in [-0.15, -0.1) is 0 Å². The first-order valence-electron chi connectivity index (χ1n) is 8.69. The van der Waals surface area contributed by atoms with Gasteiger partial charge in [0.2, 0.25) is 5.88 Å². The van der Waals surface area contributed by atoms with Crippen LogP contribution in [0.3, 0.4) is 0 Å². The molecule has 3 heterocycles. The van der Waals surface area contributed by atoms with Gasteiger partial charge in [0.25, 0.3) is 0 Å². The van der Waals surface area contributed by atoms with Crippen LogP contribution >= 0.6 is 0 Å². The highest BCUT2D eigenvalue weighted by Gasteiger charge is 2.43. The van der Waals surface area contributed by atoms with Gasteiger partial charge in [-0.1, -0.05) is 32.0 Å². The largest absolute Gasteiger partial charge is 0.466 e. The molecule has 0 spiro atoms. The number of rotatable bonds is 0. The van der Waals surface area contributed by atoms with Crippen molar-refractivity contribution in [3.8, 4) is 28.3 Å². The maximum Gasteiger partial charge on any atom is 0.222 e. The average Bonchev–Trinajstić information content (AvgIpc) is 2.83. The van der Waals surface area contributed by atoms with Gasteiger partial charge in [-0.05, 0) is 48.7 Å². The van der Waals surface area contributed by atoms with Gasteiger partial charge < -0.3 is 4.74 Å². The van der Waals surface area contributed by atoms with Gasteiger partial charge >= 0.3 is 0 Å². The number of hydrogen-bond donors (Lipinski definition) is 0. The van der Waals surface area contributed by atoms with Gasteiger partial charge in [0, 0.05) is 34.5 Å². The molecule has 0 amide bonds. The minimum absolute atomic E-state index is 0.106. The summed E-state index contributed by atoms with van der Waals surface area (Å²) in [5, 5.41) is 0. The highest BCUT2D eigenvalue weighted by atomic mass is 16.5. The van der Waals surface area contributed by atoms with E-state index < -0.39 is 5.60 Å². The van der Waals surface area contributed by atoms with Crippen molar-refractivity contribution in [1.82, 2.24) is 9.97 Å². The Morgan fingerprint density at radius 3 is 2.40 bits per heavy atom. The molecule has 25 heavy (non-hydrogen) atoms. The monoisotopic (exact) mass is 328 g/mol. The second-order valence-electron chi connectivity index (χ2n) is 7.90. The first kappa shape index (κ1) is 14.6. The van der Waals surface area contributed by atoms with Crippen molar-refractivity contribution in [1.29, 1.82) is 0 Å². The summed E-state index contributed by atoms with van der Waals surface area (Å²) in [6.45, 7) is 8.81. The summed E-state index contributed by atoms with van der Waals surface area (Å²) in [6, 6.07) is 12.7. The number of aromatic nitrogens is 2. The van der Waals surface area contributed by atoms with Gasteiger partial charge in [-0.3, -0.25) is 4.98 Å². The summed E-state index contributed by atoms with van der Waals surface area (Å²) in [5.41, 5.74) is 7.99. The lowest BCUT2D eigenvalue weighted by Gasteiger charge is -2.37. The van der Waals surface area contributed by atoms with E-state index >= 15 is 0 Å². The van der Waals surface area contributed by atoms with Crippen LogP contribution in [0.2, 0.25) is 0 Å². The van der Waals surface area contributed by atoms with Gasteiger partial charge in [0.1, 0.15) is 5.60 Å². The molecule has 0 bridgehead atoms. The zero-order valence-electron chi connectivity index (χ0n) is 14.9. The molecule has 3 nitrogen and oxygen atoms in total. The Balaban J connectivity index is 1.94. The third kappa shape index (κ3) is 1.76. The van der Waals surface area contributed by atoms with E-state index in [1.54, 1.807) is 6.20 Å². The summed E-state index contributed by atoms with van der Waals surface area (Å²) in [7, 11) is 0. The lowest BCUT2D eigenvalue weighted by Crippen LogP contribution is -2.31. The third-order valence-corrected chi connectivity index (χ3v) is 5.61. The summed E-state index contributed by atoms with van der Waals surface area (Å²) < 4.78 is 6.22. The first-order chi connectivity index (χ1) is 11.9. The predicted molar refractivity (Wildman–Crippen MR) is 98.7 cm³/mol. The van der Waals surface area contributed by atoms with Crippen LogP contribution in [0.25, 0.3) is 22.4 Å². The van der Waals surface area contributed by atoms with Gasteiger partial charge in [-0.25, -0.2) is 4.98 Å². The van der Waals surface area contributed by atoms with E-state index in [2.05, 4.69) is 56.9 Å². The molecule has 0 saturated heterocycles. The standard InChI is InChI=1S/C22H20N2O/c1-21(2)16-8-6-11-23-19(16)14-9-10-15-17(18(14)21)13-7-5-12-24-20(13)25-22(15,3)4/h5-12H,1-4H3. The van der Waals surface area contributed by atoms with Crippen molar-refractivity contribution < 1.29 is 4.74 Å². The van der Waals surface area contributed by atoms with Crippen molar-refractivity contribution in [2.45, 2.75) is 38.7 Å². The Labute approximate surface area is 147 Å². The lowest BCUT2D eigenvalue weighted by atomic mass is 9.75. The molecule has 1 aliphatic carbocycles. The molecule has 0 fully saturated rings. The quantitative estimate of drug-likeness (QED) is 0.577. The highest BCUT2D eigenvalue weighted by Crippen LogP contribution is 2.56. The second-order valence-corrected chi connectivity index (χ2v) is 7.90. The Bertz CT molecular complexity index is 1030. The molecule has 1 aromatic carbocycles. The van der Waals surface area contributed by atoms with Crippen LogP contribution in [0.4, 0.5) is 0 Å². The molecule has 3 heteroatoms. The second kappa shape index (κ2) is 4.48. The Morgan fingerprint density at radius 1 is 0.800 bits per heavy atom. The maximum absolute atomic E-state index is 6.22. The number of pyridine rings is 2. The van der Waals surface area contributed by atoms with Gasteiger partial charge in [0.05, 0.1) is 5.69 Å². The molecular formula is C22H20N2O. The van der Waals surface area contributed by atoms with E-state index in [9.17, 15) is 0 Å². The number of hydrogen-bond acceptors (Lipinski definition) is 3. The summed E-state index contributed by atoms with van der Waals surface area (Å²) in [5.74, 6) is 0.716. The van der Waals surface area contributed by atoms with E-state index in [4.69, 9.17) is 9.72 Å². The van der Waals surface area contributed by atoms with Crippen LogP contribution < -0.4 is 4.74 Å². The summed E-state index contributed by atoms with van der Waals surface area (Å²) in [4.78, 5) is 9.19. The molecule has 0 saturated carbocycles. The van der Waals surface area contributed by atoms with E-state index in [-0.39, 0.29) is 5.41 Å². The van der Waals surface area contributed by atoms with E-state index in [0.29, 0.717) is 5.88 Å². The van der Waals surface area contributed by atoms with Gasteiger partial charge in [-0.2, -0.15) is 0 Å². The van der Waals surface area contributed by atoms with Gasteiger partial charge in [0.15, 0.2) is 0 Å². The third-order valence-electron chi connectivity index (χ3n) is 5.61. The fraction of sp³-hybridized carbons (Fsp3) is 0.273. The van der Waals surface area contributed by atoms with Crippen LogP contribution in [0.15, 0.2) is 48.8 Å². The zero-order chi connectivity index (χ0) is 17.4. The van der Waals surface area contributed by atoms with Crippen molar-refractivity contribution >= 4 is 0 Å². The van der Waals surface area contributed by atoms with Crippen molar-refractivity contribution in [2.24, 2.45) is 0 Å². The van der Waals surface area contributed by atoms with Crippen LogP contribution in [-0.4, -0.2) is 9.97 Å². The molecular weight excluding hydrogens is 308 g/mol. The Hall–Kier alpha value is -2.68. The summed E-state index contributed by atoms with van der Waals surface area (Å²) >= 11 is 0. The fourth-order valence-corrected chi connectivity index (χ4v) is 4.45. The molecule has 0 unspecified atom stereocenters. The number of nitrogens with zero attached hydrogens (tertiary/aromatic N) is 2. The van der Waals surface area contributed by atoms with Crippen molar-refractivity contribution in [3.05, 3.63) is 65.5 Å². The van der Waals surface area contributed by atoms with Crippen LogP contribution in [0.5, 0.6) is 5.88 Å². The smallest absolute Gasteiger partial charge is 0.222 e. The summed E-state index contributed by atoms with van der Waals surface area (Å²) in [6.07, 6.45) is 3.68. The number of fused-ring (bicyclic) bond motifs is 7. The molecule has 3 aromatic rings. The van der Waals surface area contributed by atoms with Crippen molar-refractivity contribution in [2.75, 3.05) is 0 Å². The minimum atomic E-state index is -0.413. The lowest BCUT2D eigenvalue weighted by molar-refractivity contribution is 0.0988. The molecule has 1 aliphatic heterocycles. The molecule has 0 radical (unpaired) electrons. The minimum Gasteiger partial charge on any atom is -0.466 e. The average molecular weight is 328 g/mol. The highest BCUT2D eigenvalue weighted by molar-refractivity contribution is 5.90. The van der Waals surface area contributed by atoms with Crippen LogP contribution in [-0.2, 0) is 11.0 Å². The maximum atomic E-state index is 6.22.